The summed E-state index contributed by atoms with van der Waals surface area (Å²) in [5, 5.41) is 8.93. The van der Waals surface area contributed by atoms with Gasteiger partial charge in [0.2, 0.25) is 15.8 Å². The molecule has 1 fully saturated rings. The number of carboxylic acid groups (broad SMARTS) is 1. The lowest BCUT2D eigenvalue weighted by atomic mass is 9.88. The lowest BCUT2D eigenvalue weighted by Gasteiger charge is -2.39. The Hall–Kier alpha value is -1.34. The number of carbonyl (C=O) groups is 1. The van der Waals surface area contributed by atoms with Crippen LogP contribution >= 0.6 is 0 Å². The van der Waals surface area contributed by atoms with E-state index in [1.165, 1.54) is 11.2 Å². The summed E-state index contributed by atoms with van der Waals surface area (Å²) < 4.78 is 32.1. The molecule has 0 radical (unpaired) electrons. The Labute approximate surface area is 124 Å². The SMILES string of the molecule is Cc1oc(C(=O)O)cc1S(=O)(=O)N1CC(C)CC(C)C1C. The molecule has 7 heteroatoms. The molecular weight excluding hydrogens is 294 g/mol. The van der Waals surface area contributed by atoms with E-state index in [0.29, 0.717) is 6.54 Å². The van der Waals surface area contributed by atoms with Gasteiger partial charge in [-0.15, -0.1) is 0 Å². The molecule has 118 valence electrons. The van der Waals surface area contributed by atoms with Crippen molar-refractivity contribution in [3.63, 3.8) is 0 Å². The highest BCUT2D eigenvalue weighted by Gasteiger charge is 2.39. The molecule has 0 saturated carbocycles. The second kappa shape index (κ2) is 5.46. The third-order valence-electron chi connectivity index (χ3n) is 4.21. The van der Waals surface area contributed by atoms with E-state index in [1.807, 2.05) is 20.8 Å². The summed E-state index contributed by atoms with van der Waals surface area (Å²) >= 11 is 0. The van der Waals surface area contributed by atoms with Crippen molar-refractivity contribution in [1.29, 1.82) is 0 Å². The molecule has 21 heavy (non-hydrogen) atoms. The minimum Gasteiger partial charge on any atom is -0.475 e. The van der Waals surface area contributed by atoms with Crippen LogP contribution in [0.2, 0.25) is 0 Å². The highest BCUT2D eigenvalue weighted by molar-refractivity contribution is 7.89. The van der Waals surface area contributed by atoms with Crippen molar-refractivity contribution >= 4 is 16.0 Å². The van der Waals surface area contributed by atoms with Gasteiger partial charge in [0, 0.05) is 18.7 Å². The first-order valence-corrected chi connectivity index (χ1v) is 8.44. The number of hydrogen-bond donors (Lipinski definition) is 1. The Kier molecular flexibility index (Phi) is 4.17. The summed E-state index contributed by atoms with van der Waals surface area (Å²) in [4.78, 5) is 10.9. The van der Waals surface area contributed by atoms with Crippen LogP contribution in [0.3, 0.4) is 0 Å². The predicted octanol–water partition coefficient (Wildman–Crippen LogP) is 2.34. The summed E-state index contributed by atoms with van der Waals surface area (Å²) in [5.41, 5.74) is 0. The van der Waals surface area contributed by atoms with E-state index in [1.54, 1.807) is 0 Å². The van der Waals surface area contributed by atoms with Crippen LogP contribution in [0.1, 0.15) is 43.5 Å². The highest BCUT2D eigenvalue weighted by Crippen LogP contribution is 2.33. The number of hydrogen-bond acceptors (Lipinski definition) is 4. The molecular formula is C14H21NO5S. The fourth-order valence-corrected chi connectivity index (χ4v) is 4.94. The zero-order valence-electron chi connectivity index (χ0n) is 12.7. The second-order valence-electron chi connectivity index (χ2n) is 5.97. The lowest BCUT2D eigenvalue weighted by Crippen LogP contribution is -2.48. The zero-order chi connectivity index (χ0) is 15.9. The fraction of sp³-hybridized carbons (Fsp3) is 0.643. The van der Waals surface area contributed by atoms with Crippen LogP contribution < -0.4 is 0 Å². The topological polar surface area (TPSA) is 87.8 Å². The predicted molar refractivity (Wildman–Crippen MR) is 76.7 cm³/mol. The molecule has 2 heterocycles. The van der Waals surface area contributed by atoms with Gasteiger partial charge in [-0.2, -0.15) is 4.31 Å². The van der Waals surface area contributed by atoms with Crippen LogP contribution in [0, 0.1) is 18.8 Å². The fourth-order valence-electron chi connectivity index (χ4n) is 2.93. The number of sulfonamides is 1. The molecule has 0 amide bonds. The summed E-state index contributed by atoms with van der Waals surface area (Å²) in [6.45, 7) is 7.87. The molecule has 1 aliphatic rings. The highest BCUT2D eigenvalue weighted by atomic mass is 32.2. The Morgan fingerprint density at radius 3 is 2.52 bits per heavy atom. The molecule has 1 aliphatic heterocycles. The third kappa shape index (κ3) is 2.85. The number of furan rings is 1. The summed E-state index contributed by atoms with van der Waals surface area (Å²) in [6.07, 6.45) is 0.984. The van der Waals surface area contributed by atoms with Crippen molar-refractivity contribution < 1.29 is 22.7 Å². The van der Waals surface area contributed by atoms with E-state index in [9.17, 15) is 13.2 Å². The van der Waals surface area contributed by atoms with E-state index >= 15 is 0 Å². The second-order valence-corrected chi connectivity index (χ2v) is 7.83. The summed E-state index contributed by atoms with van der Waals surface area (Å²) in [6, 6.07) is 0.984. The first-order valence-electron chi connectivity index (χ1n) is 7.00. The van der Waals surface area contributed by atoms with Gasteiger partial charge in [0.15, 0.2) is 0 Å². The van der Waals surface area contributed by atoms with Gasteiger partial charge in [-0.3, -0.25) is 0 Å². The Morgan fingerprint density at radius 2 is 2.00 bits per heavy atom. The molecule has 0 spiro atoms. The maximum Gasteiger partial charge on any atom is 0.371 e. The van der Waals surface area contributed by atoms with Gasteiger partial charge in [-0.05, 0) is 32.1 Å². The van der Waals surface area contributed by atoms with Gasteiger partial charge < -0.3 is 9.52 Å². The van der Waals surface area contributed by atoms with Crippen LogP contribution in [0.25, 0.3) is 0 Å². The Morgan fingerprint density at radius 1 is 1.38 bits per heavy atom. The molecule has 1 aromatic heterocycles. The number of rotatable bonds is 3. The normalized spacial score (nSPS) is 27.7. The largest absolute Gasteiger partial charge is 0.475 e. The van der Waals surface area contributed by atoms with E-state index in [-0.39, 0.29) is 34.3 Å². The molecule has 2 rings (SSSR count). The van der Waals surface area contributed by atoms with Gasteiger partial charge in [0.05, 0.1) is 0 Å². The van der Waals surface area contributed by atoms with Gasteiger partial charge in [-0.1, -0.05) is 13.8 Å². The van der Waals surface area contributed by atoms with Crippen LogP contribution in [0.15, 0.2) is 15.4 Å². The average molecular weight is 315 g/mol. The minimum atomic E-state index is -3.74. The van der Waals surface area contributed by atoms with Crippen molar-refractivity contribution in [2.24, 2.45) is 11.8 Å². The Bertz CT molecular complexity index is 648. The molecule has 1 saturated heterocycles. The van der Waals surface area contributed by atoms with Crippen molar-refractivity contribution in [3.05, 3.63) is 17.6 Å². The number of carboxylic acids is 1. The monoisotopic (exact) mass is 315 g/mol. The number of piperidine rings is 1. The van der Waals surface area contributed by atoms with E-state index < -0.39 is 16.0 Å². The molecule has 0 aliphatic carbocycles. The first kappa shape index (κ1) is 16.0. The minimum absolute atomic E-state index is 0.0481. The van der Waals surface area contributed by atoms with E-state index in [2.05, 4.69) is 0 Å². The molecule has 0 bridgehead atoms. The van der Waals surface area contributed by atoms with Crippen LogP contribution in [0.4, 0.5) is 0 Å². The quantitative estimate of drug-likeness (QED) is 0.925. The molecule has 6 nitrogen and oxygen atoms in total. The van der Waals surface area contributed by atoms with Crippen LogP contribution in [-0.4, -0.2) is 36.4 Å². The lowest BCUT2D eigenvalue weighted by molar-refractivity contribution is 0.0661. The number of nitrogens with zero attached hydrogens (tertiary/aromatic N) is 1. The van der Waals surface area contributed by atoms with Crippen LogP contribution in [-0.2, 0) is 10.0 Å². The smallest absolute Gasteiger partial charge is 0.371 e. The number of aryl methyl sites for hydroxylation is 1. The van der Waals surface area contributed by atoms with E-state index in [4.69, 9.17) is 9.52 Å². The van der Waals surface area contributed by atoms with Crippen LogP contribution in [0.5, 0.6) is 0 Å². The zero-order valence-corrected chi connectivity index (χ0v) is 13.5. The number of aromatic carboxylic acids is 1. The van der Waals surface area contributed by atoms with Gasteiger partial charge in [0.1, 0.15) is 10.7 Å². The van der Waals surface area contributed by atoms with Gasteiger partial charge in [0.25, 0.3) is 0 Å². The third-order valence-corrected chi connectivity index (χ3v) is 6.27. The Balaban J connectivity index is 2.44. The summed E-state index contributed by atoms with van der Waals surface area (Å²) in [7, 11) is -3.74. The standard InChI is InChI=1S/C14H21NO5S/c1-8-5-9(2)10(3)15(7-8)21(18,19)13-6-12(14(16)17)20-11(13)4/h6,8-10H,5,7H2,1-4H3,(H,16,17). The summed E-state index contributed by atoms with van der Waals surface area (Å²) in [5.74, 6) is -0.970. The van der Waals surface area contributed by atoms with Gasteiger partial charge in [-0.25, -0.2) is 13.2 Å². The van der Waals surface area contributed by atoms with Crippen molar-refractivity contribution in [1.82, 2.24) is 4.31 Å². The van der Waals surface area contributed by atoms with Crippen molar-refractivity contribution in [3.8, 4) is 0 Å². The molecule has 3 atom stereocenters. The average Bonchev–Trinajstić information content (AvgIpc) is 2.76. The molecule has 0 aromatic carbocycles. The molecule has 1 N–H and O–H groups in total. The first-order chi connectivity index (χ1) is 9.64. The van der Waals surface area contributed by atoms with Crippen molar-refractivity contribution in [2.75, 3.05) is 6.54 Å². The maximum atomic E-state index is 12.8. The molecule has 3 unspecified atom stereocenters. The maximum absolute atomic E-state index is 12.8. The molecule has 1 aromatic rings. The van der Waals surface area contributed by atoms with E-state index in [0.717, 1.165) is 12.5 Å². The van der Waals surface area contributed by atoms with Gasteiger partial charge >= 0.3 is 5.97 Å². The van der Waals surface area contributed by atoms with Crippen molar-refractivity contribution in [2.45, 2.75) is 45.1 Å².